The van der Waals surface area contributed by atoms with Crippen LogP contribution in [0, 0.1) is 0 Å². The molecule has 2 N–H and O–H groups in total. The Morgan fingerprint density at radius 3 is 2.26 bits per heavy atom. The lowest BCUT2D eigenvalue weighted by Crippen LogP contribution is -2.25. The molecule has 0 radical (unpaired) electrons. The minimum Gasteiger partial charge on any atom is -0.349 e. The van der Waals surface area contributed by atoms with Gasteiger partial charge in [0.2, 0.25) is 5.91 Å². The van der Waals surface area contributed by atoms with Crippen LogP contribution in [0.2, 0.25) is 0 Å². The zero-order chi connectivity index (χ0) is 19.9. The van der Waals surface area contributed by atoms with Gasteiger partial charge in [-0.1, -0.05) is 48.5 Å². The second-order valence-corrected chi connectivity index (χ2v) is 5.46. The molecule has 7 heteroatoms. The first kappa shape index (κ1) is 20.0. The Kier molecular flexibility index (Phi) is 6.54. The number of rotatable bonds is 6. The largest absolute Gasteiger partial charge is 0.417 e. The number of alkyl halides is 3. The highest BCUT2D eigenvalue weighted by Gasteiger charge is 2.35. The summed E-state index contributed by atoms with van der Waals surface area (Å²) in [6.45, 7) is 3.70. The van der Waals surface area contributed by atoms with Gasteiger partial charge in [0, 0.05) is 12.6 Å². The molecular formula is C20H17F3N2O2. The van der Waals surface area contributed by atoms with Gasteiger partial charge in [-0.2, -0.15) is 13.2 Å². The monoisotopic (exact) mass is 374 g/mol. The molecule has 0 saturated heterocycles. The van der Waals surface area contributed by atoms with Gasteiger partial charge in [0.15, 0.2) is 0 Å². The van der Waals surface area contributed by atoms with Crippen LogP contribution in [-0.2, 0) is 4.79 Å². The van der Waals surface area contributed by atoms with Crippen LogP contribution in [0.15, 0.2) is 73.3 Å². The van der Waals surface area contributed by atoms with E-state index in [0.717, 1.165) is 0 Å². The van der Waals surface area contributed by atoms with E-state index in [4.69, 9.17) is 0 Å². The molecule has 0 spiro atoms. The lowest BCUT2D eigenvalue weighted by atomic mass is 10.0. The summed E-state index contributed by atoms with van der Waals surface area (Å²) in [4.78, 5) is 24.3. The van der Waals surface area contributed by atoms with Gasteiger partial charge in [0.25, 0.3) is 5.91 Å². The molecule has 2 amide bonds. The molecule has 0 aliphatic heterocycles. The second-order valence-electron chi connectivity index (χ2n) is 5.46. The van der Waals surface area contributed by atoms with E-state index in [0.29, 0.717) is 6.08 Å². The first-order chi connectivity index (χ1) is 12.8. The quantitative estimate of drug-likeness (QED) is 0.589. The number of hydrogen-bond donors (Lipinski definition) is 2. The van der Waals surface area contributed by atoms with Crippen LogP contribution in [0.4, 0.5) is 18.9 Å². The van der Waals surface area contributed by atoms with Crippen LogP contribution < -0.4 is 10.6 Å². The molecule has 140 valence electrons. The number of halogens is 3. The van der Waals surface area contributed by atoms with Gasteiger partial charge in [-0.15, -0.1) is 6.58 Å². The number of anilines is 1. The third-order valence-corrected chi connectivity index (χ3v) is 3.50. The Morgan fingerprint density at radius 1 is 1.00 bits per heavy atom. The molecule has 4 nitrogen and oxygen atoms in total. The van der Waals surface area contributed by atoms with Crippen molar-refractivity contribution in [2.24, 2.45) is 0 Å². The topological polar surface area (TPSA) is 58.2 Å². The minimum atomic E-state index is -4.71. The average molecular weight is 374 g/mol. The Morgan fingerprint density at radius 2 is 1.63 bits per heavy atom. The molecule has 2 aromatic carbocycles. The highest BCUT2D eigenvalue weighted by Crippen LogP contribution is 2.33. The number of hydrogen-bond acceptors (Lipinski definition) is 2. The highest BCUT2D eigenvalue weighted by molar-refractivity contribution is 6.09. The summed E-state index contributed by atoms with van der Waals surface area (Å²) < 4.78 is 40.0. The summed E-state index contributed by atoms with van der Waals surface area (Å²) in [6, 6.07) is 13.1. The molecule has 0 fully saturated rings. The van der Waals surface area contributed by atoms with Gasteiger partial charge in [-0.3, -0.25) is 9.59 Å². The van der Waals surface area contributed by atoms with Gasteiger partial charge in [0.1, 0.15) is 0 Å². The predicted molar refractivity (Wildman–Crippen MR) is 98.1 cm³/mol. The molecule has 0 atom stereocenters. The molecule has 0 bridgehead atoms. The SMILES string of the molecule is C=CCNC(=O)c1ccccc1NC(=O)/C=C(\c1ccccc1)C(F)(F)F. The molecule has 2 aromatic rings. The van der Waals surface area contributed by atoms with Gasteiger partial charge in [0.05, 0.1) is 16.8 Å². The van der Waals surface area contributed by atoms with Crippen molar-refractivity contribution in [3.8, 4) is 0 Å². The maximum atomic E-state index is 13.3. The Hall–Kier alpha value is -3.35. The first-order valence-corrected chi connectivity index (χ1v) is 7.96. The lowest BCUT2D eigenvalue weighted by molar-refractivity contribution is -0.112. The number of carbonyl (C=O) groups excluding carboxylic acids is 2. The van der Waals surface area contributed by atoms with Crippen molar-refractivity contribution in [1.29, 1.82) is 0 Å². The number of allylic oxidation sites excluding steroid dienone is 1. The number of carbonyl (C=O) groups is 2. The zero-order valence-corrected chi connectivity index (χ0v) is 14.2. The third kappa shape index (κ3) is 5.57. The van der Waals surface area contributed by atoms with Gasteiger partial charge < -0.3 is 10.6 Å². The number of para-hydroxylation sites is 1. The third-order valence-electron chi connectivity index (χ3n) is 3.50. The fourth-order valence-electron chi connectivity index (χ4n) is 2.30. The van der Waals surface area contributed by atoms with Crippen molar-refractivity contribution in [2.45, 2.75) is 6.18 Å². The predicted octanol–water partition coefficient (Wildman–Crippen LogP) is 4.19. The molecular weight excluding hydrogens is 357 g/mol. The van der Waals surface area contributed by atoms with Crippen LogP contribution in [0.25, 0.3) is 5.57 Å². The van der Waals surface area contributed by atoms with Crippen LogP contribution in [0.3, 0.4) is 0 Å². The Labute approximate surface area is 154 Å². The van der Waals surface area contributed by atoms with Crippen molar-refractivity contribution in [1.82, 2.24) is 5.32 Å². The average Bonchev–Trinajstić information content (AvgIpc) is 2.64. The standard InChI is InChI=1S/C20H17F3N2O2/c1-2-12-24-19(27)15-10-6-7-11-17(15)25-18(26)13-16(20(21,22)23)14-8-4-3-5-9-14/h2-11,13H,1,12H2,(H,24,27)(H,25,26)/b16-13+. The molecule has 0 unspecified atom stereocenters. The Balaban J connectivity index is 2.30. The van der Waals surface area contributed by atoms with Gasteiger partial charge in [-0.05, 0) is 17.7 Å². The molecule has 0 aliphatic carbocycles. The van der Waals surface area contributed by atoms with E-state index >= 15 is 0 Å². The summed E-state index contributed by atoms with van der Waals surface area (Å²) in [5.41, 5.74) is -0.962. The fraction of sp³-hybridized carbons (Fsp3) is 0.100. The first-order valence-electron chi connectivity index (χ1n) is 7.96. The van der Waals surface area contributed by atoms with Crippen molar-refractivity contribution < 1.29 is 22.8 Å². The maximum absolute atomic E-state index is 13.3. The molecule has 0 saturated carbocycles. The van der Waals surface area contributed by atoms with E-state index < -0.39 is 23.6 Å². The summed E-state index contributed by atoms with van der Waals surface area (Å²) in [5, 5.41) is 4.89. The molecule has 2 rings (SSSR count). The number of benzene rings is 2. The molecule has 0 heterocycles. The zero-order valence-electron chi connectivity index (χ0n) is 14.2. The van der Waals surface area contributed by atoms with E-state index in [1.807, 2.05) is 0 Å². The number of nitrogens with one attached hydrogen (secondary N) is 2. The summed E-state index contributed by atoms with van der Waals surface area (Å²) in [7, 11) is 0. The van der Waals surface area contributed by atoms with Crippen LogP contribution >= 0.6 is 0 Å². The number of amides is 2. The van der Waals surface area contributed by atoms with Crippen LogP contribution in [0.1, 0.15) is 15.9 Å². The second kappa shape index (κ2) is 8.84. The smallest absolute Gasteiger partial charge is 0.349 e. The Bertz CT molecular complexity index is 859. The van der Waals surface area contributed by atoms with Crippen molar-refractivity contribution >= 4 is 23.1 Å². The lowest BCUT2D eigenvalue weighted by Gasteiger charge is -2.13. The normalized spacial score (nSPS) is 11.6. The maximum Gasteiger partial charge on any atom is 0.417 e. The molecule has 0 aliphatic rings. The van der Waals surface area contributed by atoms with Crippen molar-refractivity contribution in [3.05, 3.63) is 84.5 Å². The molecule has 0 aromatic heterocycles. The van der Waals surface area contributed by atoms with Gasteiger partial charge in [-0.25, -0.2) is 0 Å². The van der Waals surface area contributed by atoms with Crippen LogP contribution in [0.5, 0.6) is 0 Å². The van der Waals surface area contributed by atoms with Crippen molar-refractivity contribution in [3.63, 3.8) is 0 Å². The minimum absolute atomic E-state index is 0.106. The van der Waals surface area contributed by atoms with Gasteiger partial charge >= 0.3 is 6.18 Å². The van der Waals surface area contributed by atoms with E-state index in [1.54, 1.807) is 18.2 Å². The summed E-state index contributed by atoms with van der Waals surface area (Å²) in [6.07, 6.45) is -2.75. The summed E-state index contributed by atoms with van der Waals surface area (Å²) >= 11 is 0. The van der Waals surface area contributed by atoms with Crippen molar-refractivity contribution in [2.75, 3.05) is 11.9 Å². The summed E-state index contributed by atoms with van der Waals surface area (Å²) in [5.74, 6) is -1.47. The van der Waals surface area contributed by atoms with Crippen LogP contribution in [-0.4, -0.2) is 24.5 Å². The highest BCUT2D eigenvalue weighted by atomic mass is 19.4. The van der Waals surface area contributed by atoms with E-state index in [1.165, 1.54) is 42.5 Å². The van der Waals surface area contributed by atoms with E-state index in [2.05, 4.69) is 17.2 Å². The van der Waals surface area contributed by atoms with E-state index in [9.17, 15) is 22.8 Å². The fourth-order valence-corrected chi connectivity index (χ4v) is 2.30. The van der Waals surface area contributed by atoms with E-state index in [-0.39, 0.29) is 23.4 Å². The molecule has 27 heavy (non-hydrogen) atoms.